The molecule has 426 valence electrons. The van der Waals surface area contributed by atoms with Crippen molar-refractivity contribution in [2.75, 3.05) is 57.8 Å². The van der Waals surface area contributed by atoms with Crippen molar-refractivity contribution in [3.8, 4) is 22.5 Å². The van der Waals surface area contributed by atoms with Gasteiger partial charge in [0.25, 0.3) is 0 Å². The highest BCUT2D eigenvalue weighted by atomic mass is 32.2. The molecular formula is C58H73N11O9S2. The summed E-state index contributed by atoms with van der Waals surface area (Å²) in [7, 11) is -5.91. The Bertz CT molecular complexity index is 3560. The number of aryl methyl sites for hydroxylation is 1. The number of sulfonamides is 1. The number of nitrogens with zero attached hydrogens (tertiary/aromatic N) is 7. The molecule has 2 aliphatic heterocycles. The summed E-state index contributed by atoms with van der Waals surface area (Å²) in [6, 6.07) is 22.3. The zero-order valence-corrected chi connectivity index (χ0v) is 48.0. The van der Waals surface area contributed by atoms with E-state index in [0.717, 1.165) is 80.9 Å². The van der Waals surface area contributed by atoms with E-state index in [1.165, 1.54) is 6.07 Å². The van der Waals surface area contributed by atoms with Gasteiger partial charge in [-0.05, 0) is 116 Å². The van der Waals surface area contributed by atoms with Crippen LogP contribution in [0.15, 0.2) is 124 Å². The molecule has 0 bridgehead atoms. The molecule has 1 saturated heterocycles. The van der Waals surface area contributed by atoms with Gasteiger partial charge in [-0.25, -0.2) is 36.1 Å². The standard InChI is InChI=1S/C58H73N11O9S2/c1-7-68(8-2)44-19-22-47-52(32-44)78-53-33-45(69(9-3)10-4)20-23-48(53)56(47)49-24-21-46(80(75,76)77)34-54(49)79(73,74)61-27-15-14-18-50(63-55(70)31-43-36-66(6)38-59-43)57(71)64-51(58(72)62-41-25-28-65(5)29-26-41)30-42-37-67(39-60-42)35-40-16-12-11-13-17-40/h11-13,16-17,19-24,32-34,36-39,41,50-51,61H,7-10,14-15,18,25-31,35H2,1-6H3,(H3-,62,63,64,70,71,72,75,76,77). The zero-order valence-electron chi connectivity index (χ0n) is 46.4. The van der Waals surface area contributed by atoms with Crippen molar-refractivity contribution in [3.63, 3.8) is 0 Å². The van der Waals surface area contributed by atoms with Crippen LogP contribution < -0.4 is 35.5 Å². The van der Waals surface area contributed by atoms with Crippen LogP contribution >= 0.6 is 0 Å². The van der Waals surface area contributed by atoms with Gasteiger partial charge in [0.1, 0.15) is 46.6 Å². The van der Waals surface area contributed by atoms with E-state index in [1.54, 1.807) is 30.5 Å². The molecule has 80 heavy (non-hydrogen) atoms. The summed E-state index contributed by atoms with van der Waals surface area (Å²) in [5.41, 5.74) is 4.64. The van der Waals surface area contributed by atoms with Gasteiger partial charge in [0, 0.05) is 98.0 Å². The van der Waals surface area contributed by atoms with Gasteiger partial charge in [-0.1, -0.05) is 36.4 Å². The fraction of sp³-hybridized carbons (Fsp3) is 0.414. The van der Waals surface area contributed by atoms with Crippen LogP contribution in [0.2, 0.25) is 0 Å². The minimum absolute atomic E-state index is 0.0438. The average molecular weight is 1130 g/mol. The van der Waals surface area contributed by atoms with E-state index in [2.05, 4.69) is 45.0 Å². The van der Waals surface area contributed by atoms with Gasteiger partial charge < -0.3 is 43.9 Å². The molecule has 0 saturated carbocycles. The second-order valence-corrected chi connectivity index (χ2v) is 23.5. The molecule has 0 radical (unpaired) electrons. The van der Waals surface area contributed by atoms with E-state index in [9.17, 15) is 35.8 Å². The quantitative estimate of drug-likeness (QED) is 0.0259. The summed E-state index contributed by atoms with van der Waals surface area (Å²) in [5.74, 6) is -1.02. The monoisotopic (exact) mass is 1130 g/mol. The van der Waals surface area contributed by atoms with Gasteiger partial charge in [0.05, 0.1) is 46.3 Å². The summed E-state index contributed by atoms with van der Waals surface area (Å²) in [5, 5.41) is 10.4. The number of hydrogen-bond acceptors (Lipinski definition) is 13. The van der Waals surface area contributed by atoms with E-state index >= 15 is 0 Å². The van der Waals surface area contributed by atoms with Gasteiger partial charge >= 0.3 is 0 Å². The van der Waals surface area contributed by atoms with Gasteiger partial charge in [0.2, 0.25) is 33.1 Å². The number of anilines is 1. The molecule has 8 rings (SSSR count). The van der Waals surface area contributed by atoms with E-state index in [-0.39, 0.29) is 56.2 Å². The third-order valence-electron chi connectivity index (χ3n) is 14.7. The molecule has 20 nitrogen and oxygen atoms in total. The lowest BCUT2D eigenvalue weighted by Crippen LogP contribution is -2.56. The normalized spacial score (nSPS) is 14.2. The second-order valence-electron chi connectivity index (χ2n) is 20.4. The number of rotatable bonds is 25. The van der Waals surface area contributed by atoms with Crippen LogP contribution in [0.5, 0.6) is 0 Å². The number of fused-ring (bicyclic) bond motifs is 2. The second kappa shape index (κ2) is 26.4. The lowest BCUT2D eigenvalue weighted by atomic mass is 9.93. The predicted octanol–water partition coefficient (Wildman–Crippen LogP) is 4.86. The lowest BCUT2D eigenvalue weighted by Gasteiger charge is -2.31. The van der Waals surface area contributed by atoms with Crippen molar-refractivity contribution in [1.82, 2.24) is 49.3 Å². The Balaban J connectivity index is 1.06. The maximum absolute atomic E-state index is 14.7. The topological polar surface area (TPSA) is 249 Å². The first-order valence-electron chi connectivity index (χ1n) is 27.4. The van der Waals surface area contributed by atoms with Crippen LogP contribution in [-0.2, 0) is 61.0 Å². The number of piperidine rings is 1. The van der Waals surface area contributed by atoms with E-state index in [0.29, 0.717) is 45.8 Å². The molecule has 4 N–H and O–H groups in total. The summed E-state index contributed by atoms with van der Waals surface area (Å²) in [4.78, 5) is 54.3. The Morgan fingerprint density at radius 1 is 0.800 bits per heavy atom. The molecule has 5 aromatic rings. The van der Waals surface area contributed by atoms with E-state index in [1.807, 2.05) is 112 Å². The van der Waals surface area contributed by atoms with Crippen LogP contribution in [-0.4, -0.2) is 134 Å². The van der Waals surface area contributed by atoms with Crippen molar-refractivity contribution < 1.29 is 40.2 Å². The van der Waals surface area contributed by atoms with Crippen molar-refractivity contribution in [3.05, 3.63) is 132 Å². The number of carbonyl (C=O) groups is 3. The first-order chi connectivity index (χ1) is 38.4. The third kappa shape index (κ3) is 14.8. The Hall–Kier alpha value is -7.24. The fourth-order valence-electron chi connectivity index (χ4n) is 10.3. The number of benzene rings is 4. The molecule has 3 aliphatic rings. The number of hydrogen-bond donors (Lipinski definition) is 4. The predicted molar refractivity (Wildman–Crippen MR) is 306 cm³/mol. The Morgan fingerprint density at radius 2 is 1.52 bits per heavy atom. The Labute approximate surface area is 468 Å². The van der Waals surface area contributed by atoms with Crippen LogP contribution in [0.1, 0.15) is 76.8 Å². The number of likely N-dealkylation sites (tertiary alicyclic amines) is 1. The molecule has 22 heteroatoms. The minimum atomic E-state index is -5.12. The van der Waals surface area contributed by atoms with Crippen molar-refractivity contribution in [2.45, 2.75) is 107 Å². The Kier molecular flexibility index (Phi) is 19.4. The maximum atomic E-state index is 14.7. The molecule has 2 atom stereocenters. The molecule has 1 aliphatic carbocycles. The number of unbranched alkanes of at least 4 members (excludes halogenated alkanes) is 1. The smallest absolute Gasteiger partial charge is 0.243 e. The van der Waals surface area contributed by atoms with Gasteiger partial charge in [-0.15, -0.1) is 0 Å². The fourth-order valence-corrected chi connectivity index (χ4v) is 12.2. The van der Waals surface area contributed by atoms with E-state index in [4.69, 9.17) is 4.42 Å². The van der Waals surface area contributed by atoms with Crippen molar-refractivity contribution in [2.24, 2.45) is 7.05 Å². The average Bonchev–Trinajstić information content (AvgIpc) is 4.14. The summed E-state index contributed by atoms with van der Waals surface area (Å²) in [6.45, 7) is 13.1. The number of imidazole rings is 2. The van der Waals surface area contributed by atoms with Crippen LogP contribution in [0, 0.1) is 0 Å². The molecule has 1 fully saturated rings. The van der Waals surface area contributed by atoms with Gasteiger partial charge in [-0.3, -0.25) is 14.4 Å². The Morgan fingerprint density at radius 3 is 2.21 bits per heavy atom. The molecule has 3 amide bonds. The van der Waals surface area contributed by atoms with Crippen LogP contribution in [0.25, 0.3) is 33.4 Å². The number of amides is 3. The molecule has 4 heterocycles. The highest BCUT2D eigenvalue weighted by Crippen LogP contribution is 2.43. The molecular weight excluding hydrogens is 1060 g/mol. The highest BCUT2D eigenvalue weighted by molar-refractivity contribution is 7.89. The van der Waals surface area contributed by atoms with Crippen molar-refractivity contribution >= 4 is 54.5 Å². The summed E-state index contributed by atoms with van der Waals surface area (Å²) < 4.78 is 82.1. The highest BCUT2D eigenvalue weighted by Gasteiger charge is 2.31. The third-order valence-corrected chi connectivity index (χ3v) is 17.0. The first kappa shape index (κ1) is 58.9. The zero-order chi connectivity index (χ0) is 57.1. The maximum Gasteiger partial charge on any atom is 0.243 e. The van der Waals surface area contributed by atoms with Crippen LogP contribution in [0.4, 0.5) is 5.69 Å². The molecule has 3 aromatic carbocycles. The molecule has 2 aromatic heterocycles. The SMILES string of the molecule is CCN(CC)c1ccc2c(-c3ccc(S(=O)(=O)[O-])cc3S(=O)(=O)NCCCCC(NC(=O)Cc3cn(C)cn3)C(=O)NC(Cc3cn(Cc4ccccc4)cn3)C(=O)NC3CCN(C)CC3)c3ccc(=[N+](CC)CC)cc-3oc2c1. The number of nitrogens with one attached hydrogen (secondary N) is 4. The van der Waals surface area contributed by atoms with Crippen LogP contribution in [0.3, 0.4) is 0 Å². The van der Waals surface area contributed by atoms with Crippen molar-refractivity contribution in [1.29, 1.82) is 0 Å². The number of carbonyl (C=O) groups excluding carboxylic acids is 3. The molecule has 0 spiro atoms. The largest absolute Gasteiger partial charge is 0.744 e. The summed E-state index contributed by atoms with van der Waals surface area (Å²) in [6.07, 6.45) is 8.61. The molecule has 2 unspecified atom stereocenters. The van der Waals surface area contributed by atoms with E-state index < -0.39 is 53.8 Å². The summed E-state index contributed by atoms with van der Waals surface area (Å²) >= 11 is 0. The number of aromatic nitrogens is 4. The van der Waals surface area contributed by atoms with Gasteiger partial charge in [0.15, 0.2) is 0 Å². The lowest BCUT2D eigenvalue weighted by molar-refractivity contribution is -0.132. The first-order valence-corrected chi connectivity index (χ1v) is 30.3. The van der Waals surface area contributed by atoms with Gasteiger partial charge in [-0.2, -0.15) is 0 Å². The minimum Gasteiger partial charge on any atom is -0.744 e.